The molecule has 3 nitrogen and oxygen atoms in total. The lowest BCUT2D eigenvalue weighted by Gasteiger charge is -2.27. The van der Waals surface area contributed by atoms with Crippen molar-refractivity contribution < 1.29 is 4.74 Å². The van der Waals surface area contributed by atoms with Gasteiger partial charge in [0.25, 0.3) is 0 Å². The van der Waals surface area contributed by atoms with Crippen LogP contribution in [0.1, 0.15) is 11.1 Å². The minimum atomic E-state index is 0.594. The summed E-state index contributed by atoms with van der Waals surface area (Å²) < 4.78 is 6.98. The molecule has 4 heteroatoms. The van der Waals surface area contributed by atoms with Gasteiger partial charge in [0.1, 0.15) is 12.4 Å². The number of benzene rings is 2. The fraction of sp³-hybridized carbons (Fsp3) is 0.333. The Labute approximate surface area is 140 Å². The first-order valence-corrected chi connectivity index (χ1v) is 8.49. The van der Waals surface area contributed by atoms with E-state index in [-0.39, 0.29) is 0 Å². The molecule has 1 fully saturated rings. The maximum Gasteiger partial charge on any atom is 0.134 e. The molecule has 1 aliphatic rings. The maximum absolute atomic E-state index is 5.97. The van der Waals surface area contributed by atoms with Gasteiger partial charge in [-0.05, 0) is 39.2 Å². The Morgan fingerprint density at radius 2 is 1.77 bits per heavy atom. The first kappa shape index (κ1) is 15.5. The van der Waals surface area contributed by atoms with Gasteiger partial charge in [-0.1, -0.05) is 36.4 Å². The second-order valence-electron chi connectivity index (χ2n) is 5.57. The summed E-state index contributed by atoms with van der Waals surface area (Å²) >= 11 is 3.58. The van der Waals surface area contributed by atoms with Crippen LogP contribution in [0.25, 0.3) is 0 Å². The highest BCUT2D eigenvalue weighted by Gasteiger charge is 2.11. The number of nitrogens with zero attached hydrogens (tertiary/aromatic N) is 1. The first-order chi connectivity index (χ1) is 10.8. The Balaban J connectivity index is 1.64. The molecule has 0 atom stereocenters. The minimum Gasteiger partial charge on any atom is -0.488 e. The van der Waals surface area contributed by atoms with E-state index in [1.807, 2.05) is 18.2 Å². The molecule has 22 heavy (non-hydrogen) atoms. The second-order valence-corrected chi connectivity index (χ2v) is 6.42. The molecule has 1 aliphatic heterocycles. The molecular weight excluding hydrogens is 340 g/mol. The second kappa shape index (κ2) is 7.77. The molecule has 0 saturated carbocycles. The molecule has 116 valence electrons. The largest absolute Gasteiger partial charge is 0.488 e. The van der Waals surface area contributed by atoms with Gasteiger partial charge in [-0.25, -0.2) is 0 Å². The van der Waals surface area contributed by atoms with Crippen LogP contribution in [-0.2, 0) is 13.2 Å². The van der Waals surface area contributed by atoms with Gasteiger partial charge < -0.3 is 10.1 Å². The predicted octanol–water partition coefficient (Wildman–Crippen LogP) is 3.43. The fourth-order valence-corrected chi connectivity index (χ4v) is 2.98. The van der Waals surface area contributed by atoms with Gasteiger partial charge in [-0.2, -0.15) is 0 Å². The van der Waals surface area contributed by atoms with Crippen molar-refractivity contribution in [1.29, 1.82) is 0 Å². The van der Waals surface area contributed by atoms with Crippen LogP contribution in [0.4, 0.5) is 0 Å². The first-order valence-electron chi connectivity index (χ1n) is 7.69. The van der Waals surface area contributed by atoms with Crippen molar-refractivity contribution in [3.05, 3.63) is 64.1 Å². The van der Waals surface area contributed by atoms with Crippen molar-refractivity contribution in [3.63, 3.8) is 0 Å². The Hall–Kier alpha value is -1.36. The van der Waals surface area contributed by atoms with E-state index in [1.54, 1.807) is 0 Å². The molecule has 0 unspecified atom stereocenters. The average Bonchev–Trinajstić information content (AvgIpc) is 2.57. The zero-order chi connectivity index (χ0) is 15.2. The van der Waals surface area contributed by atoms with Crippen LogP contribution in [-0.4, -0.2) is 31.1 Å². The van der Waals surface area contributed by atoms with Crippen LogP contribution in [0.5, 0.6) is 5.75 Å². The molecule has 0 aliphatic carbocycles. The van der Waals surface area contributed by atoms with E-state index in [2.05, 4.69) is 56.5 Å². The van der Waals surface area contributed by atoms with Gasteiger partial charge in [-0.15, -0.1) is 0 Å². The van der Waals surface area contributed by atoms with Crippen molar-refractivity contribution in [2.75, 3.05) is 26.2 Å². The van der Waals surface area contributed by atoms with Crippen LogP contribution < -0.4 is 10.1 Å². The van der Waals surface area contributed by atoms with Crippen molar-refractivity contribution in [2.24, 2.45) is 0 Å². The number of halogens is 1. The summed E-state index contributed by atoms with van der Waals surface area (Å²) in [6.07, 6.45) is 0. The third-order valence-corrected chi connectivity index (χ3v) is 4.50. The van der Waals surface area contributed by atoms with E-state index >= 15 is 0 Å². The van der Waals surface area contributed by atoms with Crippen molar-refractivity contribution in [2.45, 2.75) is 13.2 Å². The molecule has 0 amide bonds. The van der Waals surface area contributed by atoms with Crippen LogP contribution >= 0.6 is 15.9 Å². The highest BCUT2D eigenvalue weighted by atomic mass is 79.9. The lowest BCUT2D eigenvalue weighted by atomic mass is 10.2. The quantitative estimate of drug-likeness (QED) is 0.883. The Kier molecular flexibility index (Phi) is 5.48. The van der Waals surface area contributed by atoms with Crippen molar-refractivity contribution in [1.82, 2.24) is 10.2 Å². The molecule has 1 saturated heterocycles. The van der Waals surface area contributed by atoms with E-state index in [9.17, 15) is 0 Å². The van der Waals surface area contributed by atoms with Gasteiger partial charge >= 0.3 is 0 Å². The molecule has 2 aromatic rings. The number of rotatable bonds is 5. The highest BCUT2D eigenvalue weighted by molar-refractivity contribution is 9.10. The number of piperazine rings is 1. The molecule has 3 rings (SSSR count). The number of hydrogen-bond acceptors (Lipinski definition) is 3. The van der Waals surface area contributed by atoms with E-state index in [1.165, 1.54) is 11.1 Å². The lowest BCUT2D eigenvalue weighted by molar-refractivity contribution is 0.232. The Morgan fingerprint density at radius 1 is 1.00 bits per heavy atom. The molecule has 0 radical (unpaired) electrons. The number of nitrogens with one attached hydrogen (secondary N) is 1. The van der Waals surface area contributed by atoms with Gasteiger partial charge in [0.05, 0.1) is 4.47 Å². The lowest BCUT2D eigenvalue weighted by Crippen LogP contribution is -2.42. The molecule has 0 spiro atoms. The summed E-state index contributed by atoms with van der Waals surface area (Å²) in [6.45, 7) is 5.95. The van der Waals surface area contributed by atoms with Crippen LogP contribution in [0.3, 0.4) is 0 Å². The van der Waals surface area contributed by atoms with Gasteiger partial charge in [0.2, 0.25) is 0 Å². The Bertz CT molecular complexity index is 597. The average molecular weight is 361 g/mol. The van der Waals surface area contributed by atoms with Gasteiger partial charge in [-0.3, -0.25) is 4.90 Å². The zero-order valence-corrected chi connectivity index (χ0v) is 14.2. The predicted molar refractivity (Wildman–Crippen MR) is 93.1 cm³/mol. The van der Waals surface area contributed by atoms with Crippen molar-refractivity contribution in [3.8, 4) is 5.75 Å². The summed E-state index contributed by atoms with van der Waals surface area (Å²) in [5, 5.41) is 3.39. The standard InChI is InChI=1S/C18H21BrN2O/c19-17-7-6-16(13-21-10-8-20-9-11-21)12-18(17)22-14-15-4-2-1-3-5-15/h1-7,12,20H,8-11,13-14H2. The van der Waals surface area contributed by atoms with Gasteiger partial charge in [0, 0.05) is 32.7 Å². The molecule has 1 N–H and O–H groups in total. The normalized spacial score (nSPS) is 15.7. The minimum absolute atomic E-state index is 0.594. The summed E-state index contributed by atoms with van der Waals surface area (Å²) in [5.74, 6) is 0.913. The molecular formula is C18H21BrN2O. The smallest absolute Gasteiger partial charge is 0.134 e. The monoisotopic (exact) mass is 360 g/mol. The van der Waals surface area contributed by atoms with E-state index in [0.717, 1.165) is 42.9 Å². The summed E-state index contributed by atoms with van der Waals surface area (Å²) in [4.78, 5) is 2.47. The van der Waals surface area contributed by atoms with E-state index in [0.29, 0.717) is 6.61 Å². The van der Waals surface area contributed by atoms with Crippen LogP contribution in [0.2, 0.25) is 0 Å². The number of hydrogen-bond donors (Lipinski definition) is 1. The molecule has 0 aromatic heterocycles. The fourth-order valence-electron chi connectivity index (χ4n) is 2.62. The molecule has 2 aromatic carbocycles. The Morgan fingerprint density at radius 3 is 2.55 bits per heavy atom. The summed E-state index contributed by atoms with van der Waals surface area (Å²) in [5.41, 5.74) is 2.48. The number of ether oxygens (including phenoxy) is 1. The van der Waals surface area contributed by atoms with Crippen LogP contribution in [0.15, 0.2) is 53.0 Å². The third kappa shape index (κ3) is 4.32. The third-order valence-electron chi connectivity index (χ3n) is 3.85. The topological polar surface area (TPSA) is 24.5 Å². The highest BCUT2D eigenvalue weighted by Crippen LogP contribution is 2.27. The van der Waals surface area contributed by atoms with Gasteiger partial charge in [0.15, 0.2) is 0 Å². The SMILES string of the molecule is Brc1ccc(CN2CCNCC2)cc1OCc1ccccc1. The maximum atomic E-state index is 5.97. The summed E-state index contributed by atoms with van der Waals surface area (Å²) in [6, 6.07) is 16.7. The molecule has 0 bridgehead atoms. The van der Waals surface area contributed by atoms with E-state index < -0.39 is 0 Å². The van der Waals surface area contributed by atoms with Crippen LogP contribution in [0, 0.1) is 0 Å². The molecule has 1 heterocycles. The summed E-state index contributed by atoms with van der Waals surface area (Å²) in [7, 11) is 0. The zero-order valence-electron chi connectivity index (χ0n) is 12.6. The van der Waals surface area contributed by atoms with Crippen molar-refractivity contribution >= 4 is 15.9 Å². The van der Waals surface area contributed by atoms with E-state index in [4.69, 9.17) is 4.74 Å².